The lowest BCUT2D eigenvalue weighted by Gasteiger charge is -2.20. The van der Waals surface area contributed by atoms with Crippen LogP contribution < -0.4 is 0 Å². The molecule has 1 heterocycles. The first-order valence-electron chi connectivity index (χ1n) is 4.80. The minimum absolute atomic E-state index is 0.244. The predicted octanol–water partition coefficient (Wildman–Crippen LogP) is 0.499. The Labute approximate surface area is 88.7 Å². The summed E-state index contributed by atoms with van der Waals surface area (Å²) in [5.74, 6) is -0.652. The van der Waals surface area contributed by atoms with Crippen LogP contribution in [0.15, 0.2) is 6.20 Å². The molecule has 0 unspecified atom stereocenters. The average Bonchev–Trinajstić information content (AvgIpc) is 2.48. The number of esters is 1. The summed E-state index contributed by atoms with van der Waals surface area (Å²) in [5.41, 5.74) is -0.412. The van der Waals surface area contributed by atoms with E-state index >= 15 is 0 Å². The Morgan fingerprint density at radius 2 is 2.33 bits per heavy atom. The van der Waals surface area contributed by atoms with E-state index in [1.165, 1.54) is 13.1 Å². The molecule has 0 saturated carbocycles. The van der Waals surface area contributed by atoms with Gasteiger partial charge in [-0.3, -0.25) is 4.68 Å². The lowest BCUT2D eigenvalue weighted by Crippen LogP contribution is -2.34. The third-order valence-electron chi connectivity index (χ3n) is 2.43. The highest BCUT2D eigenvalue weighted by molar-refractivity contribution is 5.80. The van der Waals surface area contributed by atoms with E-state index < -0.39 is 11.6 Å². The second kappa shape index (κ2) is 4.02. The lowest BCUT2D eigenvalue weighted by molar-refractivity contribution is -0.164. The number of hydrogen-bond donors (Lipinski definition) is 1. The van der Waals surface area contributed by atoms with Crippen LogP contribution in [-0.2, 0) is 22.2 Å². The van der Waals surface area contributed by atoms with Gasteiger partial charge in [-0.2, -0.15) is 5.10 Å². The van der Waals surface area contributed by atoms with Crippen LogP contribution in [0.25, 0.3) is 0 Å². The topological polar surface area (TPSA) is 64.3 Å². The number of aliphatic hydroxyl groups is 1. The summed E-state index contributed by atoms with van der Waals surface area (Å²) in [6.07, 6.45) is 1.48. The standard InChI is InChI=1S/C10H16N2O3/c1-5-15-9(13)10(3,14)8-6-11-12(4)7(8)2/h6,14H,5H2,1-4H3/t10-/m0/s1. The Kier molecular flexibility index (Phi) is 3.14. The summed E-state index contributed by atoms with van der Waals surface area (Å²) in [7, 11) is 1.75. The maximum Gasteiger partial charge on any atom is 0.342 e. The Hall–Kier alpha value is -1.36. The van der Waals surface area contributed by atoms with Gasteiger partial charge in [-0.05, 0) is 20.8 Å². The van der Waals surface area contributed by atoms with Gasteiger partial charge in [-0.15, -0.1) is 0 Å². The first kappa shape index (κ1) is 11.7. The number of ether oxygens (including phenoxy) is 1. The van der Waals surface area contributed by atoms with Gasteiger partial charge in [0.2, 0.25) is 0 Å². The van der Waals surface area contributed by atoms with Gasteiger partial charge in [0.05, 0.1) is 12.8 Å². The molecule has 1 rings (SSSR count). The van der Waals surface area contributed by atoms with Gasteiger partial charge < -0.3 is 9.84 Å². The van der Waals surface area contributed by atoms with Crippen molar-refractivity contribution in [2.75, 3.05) is 6.61 Å². The molecule has 0 aliphatic heterocycles. The minimum atomic E-state index is -1.63. The molecular weight excluding hydrogens is 196 g/mol. The van der Waals surface area contributed by atoms with Crippen LogP contribution in [0.2, 0.25) is 0 Å². The summed E-state index contributed by atoms with van der Waals surface area (Å²) < 4.78 is 6.40. The Morgan fingerprint density at radius 3 is 2.73 bits per heavy atom. The highest BCUT2D eigenvalue weighted by Gasteiger charge is 2.36. The number of carbonyl (C=O) groups excluding carboxylic acids is 1. The van der Waals surface area contributed by atoms with E-state index in [0.717, 1.165) is 5.69 Å². The van der Waals surface area contributed by atoms with Crippen LogP contribution in [0.4, 0.5) is 0 Å². The van der Waals surface area contributed by atoms with Crippen molar-refractivity contribution in [2.45, 2.75) is 26.4 Å². The zero-order valence-corrected chi connectivity index (χ0v) is 9.44. The molecule has 0 aromatic carbocycles. The molecule has 1 aromatic rings. The minimum Gasteiger partial charge on any atom is -0.464 e. The first-order valence-corrected chi connectivity index (χ1v) is 4.80. The molecule has 0 aliphatic carbocycles. The van der Waals surface area contributed by atoms with Crippen molar-refractivity contribution in [2.24, 2.45) is 7.05 Å². The molecule has 0 amide bonds. The second-order valence-corrected chi connectivity index (χ2v) is 3.56. The van der Waals surface area contributed by atoms with Gasteiger partial charge in [0.25, 0.3) is 0 Å². The molecule has 15 heavy (non-hydrogen) atoms. The molecule has 1 aromatic heterocycles. The molecule has 5 heteroatoms. The van der Waals surface area contributed by atoms with Crippen LogP contribution in [0.5, 0.6) is 0 Å². The van der Waals surface area contributed by atoms with Gasteiger partial charge in [-0.25, -0.2) is 4.79 Å². The third kappa shape index (κ3) is 2.02. The van der Waals surface area contributed by atoms with E-state index in [1.54, 1.807) is 25.6 Å². The van der Waals surface area contributed by atoms with E-state index in [9.17, 15) is 9.90 Å². The van der Waals surface area contributed by atoms with Crippen molar-refractivity contribution in [3.8, 4) is 0 Å². The molecule has 84 valence electrons. The molecule has 0 aliphatic rings. The number of rotatable bonds is 3. The third-order valence-corrected chi connectivity index (χ3v) is 2.43. The molecule has 0 fully saturated rings. The molecule has 0 saturated heterocycles. The predicted molar refractivity (Wildman–Crippen MR) is 54.1 cm³/mol. The summed E-state index contributed by atoms with van der Waals surface area (Å²) in [6.45, 7) is 5.14. The van der Waals surface area contributed by atoms with Gasteiger partial charge >= 0.3 is 5.97 Å². The van der Waals surface area contributed by atoms with Gasteiger partial charge in [0, 0.05) is 18.3 Å². The van der Waals surface area contributed by atoms with Gasteiger partial charge in [0.1, 0.15) is 0 Å². The average molecular weight is 212 g/mol. The van der Waals surface area contributed by atoms with Crippen LogP contribution in [0.3, 0.4) is 0 Å². The number of aromatic nitrogens is 2. The van der Waals surface area contributed by atoms with Crippen molar-refractivity contribution in [3.63, 3.8) is 0 Å². The number of carbonyl (C=O) groups is 1. The molecule has 0 radical (unpaired) electrons. The Bertz CT molecular complexity index is 369. The maximum atomic E-state index is 11.5. The van der Waals surface area contributed by atoms with Crippen molar-refractivity contribution in [3.05, 3.63) is 17.5 Å². The van der Waals surface area contributed by atoms with Crippen LogP contribution in [0, 0.1) is 6.92 Å². The zero-order chi connectivity index (χ0) is 11.6. The number of nitrogens with zero attached hydrogens (tertiary/aromatic N) is 2. The summed E-state index contributed by atoms with van der Waals surface area (Å²) in [4.78, 5) is 11.5. The van der Waals surface area contributed by atoms with E-state index in [1.807, 2.05) is 0 Å². The summed E-state index contributed by atoms with van der Waals surface area (Å²) in [5, 5.41) is 14.0. The molecule has 1 atom stereocenters. The van der Waals surface area contributed by atoms with E-state index in [4.69, 9.17) is 4.74 Å². The van der Waals surface area contributed by atoms with Crippen LogP contribution in [-0.4, -0.2) is 27.5 Å². The maximum absolute atomic E-state index is 11.5. The molecular formula is C10H16N2O3. The Balaban J connectivity index is 3.05. The smallest absolute Gasteiger partial charge is 0.342 e. The van der Waals surface area contributed by atoms with Gasteiger partial charge in [0.15, 0.2) is 5.60 Å². The summed E-state index contributed by atoms with van der Waals surface area (Å²) >= 11 is 0. The van der Waals surface area contributed by atoms with Crippen molar-refractivity contribution < 1.29 is 14.6 Å². The molecule has 5 nitrogen and oxygen atoms in total. The quantitative estimate of drug-likeness (QED) is 0.741. The van der Waals surface area contributed by atoms with Crippen molar-refractivity contribution in [1.29, 1.82) is 0 Å². The molecule has 1 N–H and O–H groups in total. The number of aryl methyl sites for hydroxylation is 1. The molecule has 0 bridgehead atoms. The SMILES string of the molecule is CCOC(=O)[C@@](C)(O)c1cnn(C)c1C. The fraction of sp³-hybridized carbons (Fsp3) is 0.600. The van der Waals surface area contributed by atoms with Gasteiger partial charge in [-0.1, -0.05) is 0 Å². The molecule has 0 spiro atoms. The Morgan fingerprint density at radius 1 is 1.73 bits per heavy atom. The highest BCUT2D eigenvalue weighted by atomic mass is 16.5. The van der Waals surface area contributed by atoms with Crippen LogP contribution in [0.1, 0.15) is 25.1 Å². The van der Waals surface area contributed by atoms with E-state index in [-0.39, 0.29) is 6.61 Å². The zero-order valence-electron chi connectivity index (χ0n) is 9.44. The van der Waals surface area contributed by atoms with Crippen molar-refractivity contribution >= 4 is 5.97 Å². The number of hydrogen-bond acceptors (Lipinski definition) is 4. The largest absolute Gasteiger partial charge is 0.464 e. The van der Waals surface area contributed by atoms with E-state index in [2.05, 4.69) is 5.10 Å². The first-order chi connectivity index (χ1) is 6.91. The van der Waals surface area contributed by atoms with Crippen molar-refractivity contribution in [1.82, 2.24) is 9.78 Å². The lowest BCUT2D eigenvalue weighted by atomic mass is 9.97. The normalized spacial score (nSPS) is 14.7. The highest BCUT2D eigenvalue weighted by Crippen LogP contribution is 2.24. The fourth-order valence-corrected chi connectivity index (χ4v) is 1.36. The van der Waals surface area contributed by atoms with E-state index in [0.29, 0.717) is 5.56 Å². The monoisotopic (exact) mass is 212 g/mol. The second-order valence-electron chi connectivity index (χ2n) is 3.56. The summed E-state index contributed by atoms with van der Waals surface area (Å²) in [6, 6.07) is 0. The van der Waals surface area contributed by atoms with Crippen LogP contribution >= 0.6 is 0 Å². The fourth-order valence-electron chi connectivity index (χ4n) is 1.36.